The van der Waals surface area contributed by atoms with Gasteiger partial charge in [0, 0.05) is 0 Å². The molecular weight excluding hydrogens is 372 g/mol. The van der Waals surface area contributed by atoms with Crippen molar-refractivity contribution in [1.82, 2.24) is 0 Å². The summed E-state index contributed by atoms with van der Waals surface area (Å²) in [5, 5.41) is 8.41. The van der Waals surface area contributed by atoms with Gasteiger partial charge in [-0.05, 0) is 30.5 Å². The van der Waals surface area contributed by atoms with Gasteiger partial charge in [0.25, 0.3) is 0 Å². The average Bonchev–Trinajstić information content (AvgIpc) is 2.72. The van der Waals surface area contributed by atoms with Crippen molar-refractivity contribution in [2.24, 2.45) is 0 Å². The minimum atomic E-state index is -0.976. The molecule has 1 N–H and O–H groups in total. The van der Waals surface area contributed by atoms with Crippen molar-refractivity contribution >= 4 is 5.97 Å². The van der Waals surface area contributed by atoms with Gasteiger partial charge in [0.15, 0.2) is 0 Å². The summed E-state index contributed by atoms with van der Waals surface area (Å²) in [4.78, 5) is 10.2. The number of aliphatic carboxylic acids is 1. The lowest BCUT2D eigenvalue weighted by Gasteiger charge is -2.09. The normalized spacial score (nSPS) is 10.9. The van der Waals surface area contributed by atoms with Gasteiger partial charge in [-0.15, -0.1) is 0 Å². The Kier molecular flexibility index (Phi) is 16.1. The second kappa shape index (κ2) is 18.4. The fourth-order valence-corrected chi connectivity index (χ4v) is 2.86. The van der Waals surface area contributed by atoms with Crippen molar-refractivity contribution in [3.05, 3.63) is 29.8 Å². The fraction of sp³-hybridized carbons (Fsp3) is 0.696. The highest BCUT2D eigenvalue weighted by molar-refractivity contribution is 5.67. The van der Waals surface area contributed by atoms with E-state index in [-0.39, 0.29) is 13.2 Å². The Hall–Kier alpha value is -1.63. The molecule has 0 aromatic heterocycles. The van der Waals surface area contributed by atoms with Crippen LogP contribution in [-0.2, 0) is 25.4 Å². The molecule has 0 saturated carbocycles. The van der Waals surface area contributed by atoms with E-state index < -0.39 is 5.97 Å². The number of carboxylic acids is 1. The quantitative estimate of drug-likeness (QED) is 0.319. The third-order valence-electron chi connectivity index (χ3n) is 4.46. The van der Waals surface area contributed by atoms with Crippen molar-refractivity contribution < 1.29 is 28.8 Å². The highest BCUT2D eigenvalue weighted by atomic mass is 16.6. The lowest BCUT2D eigenvalue weighted by Crippen LogP contribution is -2.14. The van der Waals surface area contributed by atoms with E-state index in [1.165, 1.54) is 50.5 Å². The summed E-state index contributed by atoms with van der Waals surface area (Å²) in [6, 6.07) is 8.34. The molecule has 29 heavy (non-hydrogen) atoms. The second-order valence-corrected chi connectivity index (χ2v) is 7.03. The Balaban J connectivity index is 1.93. The molecule has 0 fully saturated rings. The molecule has 0 unspecified atom stereocenters. The Morgan fingerprint density at radius 1 is 0.759 bits per heavy atom. The molecule has 0 radical (unpaired) electrons. The van der Waals surface area contributed by atoms with Gasteiger partial charge < -0.3 is 24.1 Å². The lowest BCUT2D eigenvalue weighted by molar-refractivity contribution is -0.142. The van der Waals surface area contributed by atoms with E-state index in [2.05, 4.69) is 19.1 Å². The molecule has 166 valence electrons. The summed E-state index contributed by atoms with van der Waals surface area (Å²) >= 11 is 0. The number of hydrogen-bond donors (Lipinski definition) is 1. The molecule has 1 aromatic rings. The number of ether oxygens (including phenoxy) is 4. The molecule has 0 heterocycles. The van der Waals surface area contributed by atoms with Crippen LogP contribution in [0.3, 0.4) is 0 Å². The van der Waals surface area contributed by atoms with Crippen LogP contribution in [0.1, 0.15) is 57.4 Å². The number of benzene rings is 1. The predicted molar refractivity (Wildman–Crippen MR) is 114 cm³/mol. The van der Waals surface area contributed by atoms with Crippen LogP contribution >= 0.6 is 0 Å². The highest BCUT2D eigenvalue weighted by Crippen LogP contribution is 2.15. The van der Waals surface area contributed by atoms with Gasteiger partial charge in [0.1, 0.15) is 19.0 Å². The summed E-state index contributed by atoms with van der Waals surface area (Å²) in [7, 11) is 0. The van der Waals surface area contributed by atoms with Crippen LogP contribution < -0.4 is 4.74 Å². The van der Waals surface area contributed by atoms with Crippen molar-refractivity contribution in [3.8, 4) is 5.75 Å². The maximum atomic E-state index is 10.2. The number of rotatable bonds is 20. The van der Waals surface area contributed by atoms with Crippen molar-refractivity contribution in [3.63, 3.8) is 0 Å². The Morgan fingerprint density at radius 2 is 1.31 bits per heavy atom. The molecule has 0 aliphatic heterocycles. The molecule has 0 spiro atoms. The molecule has 6 heteroatoms. The van der Waals surface area contributed by atoms with Gasteiger partial charge in [0.2, 0.25) is 0 Å². The largest absolute Gasteiger partial charge is 0.491 e. The monoisotopic (exact) mass is 410 g/mol. The van der Waals surface area contributed by atoms with Gasteiger partial charge in [-0.25, -0.2) is 4.79 Å². The first kappa shape index (κ1) is 25.4. The zero-order valence-corrected chi connectivity index (χ0v) is 17.9. The van der Waals surface area contributed by atoms with Gasteiger partial charge in [-0.2, -0.15) is 0 Å². The number of carbonyl (C=O) groups is 1. The van der Waals surface area contributed by atoms with E-state index in [4.69, 9.17) is 24.1 Å². The molecule has 6 nitrogen and oxygen atoms in total. The molecule has 0 saturated heterocycles. The van der Waals surface area contributed by atoms with Crippen LogP contribution in [0.4, 0.5) is 0 Å². The van der Waals surface area contributed by atoms with E-state index in [0.717, 1.165) is 12.2 Å². The van der Waals surface area contributed by atoms with Crippen LogP contribution in [-0.4, -0.2) is 57.3 Å². The SMILES string of the molecule is CCCCCCCCCc1ccc(OCCOCCOCCOCC(=O)O)cc1. The van der Waals surface area contributed by atoms with Crippen LogP contribution in [0, 0.1) is 0 Å². The summed E-state index contributed by atoms with van der Waals surface area (Å²) in [5.74, 6) is -0.111. The summed E-state index contributed by atoms with van der Waals surface area (Å²) in [6.07, 6.45) is 10.5. The predicted octanol–water partition coefficient (Wildman–Crippen LogP) is 4.49. The van der Waals surface area contributed by atoms with Crippen LogP contribution in [0.25, 0.3) is 0 Å². The number of carboxylic acid groups (broad SMARTS) is 1. The summed E-state index contributed by atoms with van der Waals surface area (Å²) in [5.41, 5.74) is 1.37. The van der Waals surface area contributed by atoms with Crippen LogP contribution in [0.15, 0.2) is 24.3 Å². The topological polar surface area (TPSA) is 74.2 Å². The van der Waals surface area contributed by atoms with E-state index >= 15 is 0 Å². The van der Waals surface area contributed by atoms with Crippen molar-refractivity contribution in [2.45, 2.75) is 58.3 Å². The molecule has 0 amide bonds. The van der Waals surface area contributed by atoms with Crippen molar-refractivity contribution in [1.29, 1.82) is 0 Å². The first-order valence-corrected chi connectivity index (χ1v) is 10.9. The molecular formula is C23H38O6. The standard InChI is InChI=1S/C23H38O6/c1-2-3-4-5-6-7-8-9-21-10-12-22(13-11-21)29-19-18-27-15-14-26-16-17-28-20-23(24)25/h10-13H,2-9,14-20H2,1H3,(H,24,25). The van der Waals surface area contributed by atoms with Gasteiger partial charge in [0.05, 0.1) is 33.0 Å². The molecule has 1 aromatic carbocycles. The molecule has 0 bridgehead atoms. The Bertz CT molecular complexity index is 503. The lowest BCUT2D eigenvalue weighted by atomic mass is 10.0. The maximum absolute atomic E-state index is 10.2. The molecule has 0 aliphatic rings. The third-order valence-corrected chi connectivity index (χ3v) is 4.46. The first-order chi connectivity index (χ1) is 14.2. The van der Waals surface area contributed by atoms with Crippen molar-refractivity contribution in [2.75, 3.05) is 46.2 Å². The number of hydrogen-bond acceptors (Lipinski definition) is 5. The zero-order valence-electron chi connectivity index (χ0n) is 17.9. The first-order valence-electron chi connectivity index (χ1n) is 10.9. The van der Waals surface area contributed by atoms with Crippen LogP contribution in [0.5, 0.6) is 5.75 Å². The molecule has 0 atom stereocenters. The van der Waals surface area contributed by atoms with Crippen LogP contribution in [0.2, 0.25) is 0 Å². The average molecular weight is 411 g/mol. The van der Waals surface area contributed by atoms with E-state index in [1.54, 1.807) is 0 Å². The summed E-state index contributed by atoms with van der Waals surface area (Å²) in [6.45, 7) is 4.50. The van der Waals surface area contributed by atoms with Gasteiger partial charge >= 0.3 is 5.97 Å². The van der Waals surface area contributed by atoms with E-state index in [0.29, 0.717) is 33.0 Å². The fourth-order valence-electron chi connectivity index (χ4n) is 2.86. The third kappa shape index (κ3) is 15.9. The highest BCUT2D eigenvalue weighted by Gasteiger charge is 1.98. The summed E-state index contributed by atoms with van der Waals surface area (Å²) < 4.78 is 21.3. The minimum Gasteiger partial charge on any atom is -0.491 e. The Morgan fingerprint density at radius 3 is 1.93 bits per heavy atom. The Labute approximate surface area is 175 Å². The smallest absolute Gasteiger partial charge is 0.329 e. The zero-order chi connectivity index (χ0) is 21.0. The molecule has 1 rings (SSSR count). The van der Waals surface area contributed by atoms with E-state index in [1.807, 2.05) is 12.1 Å². The second-order valence-electron chi connectivity index (χ2n) is 7.03. The number of unbranched alkanes of at least 4 members (excludes halogenated alkanes) is 6. The van der Waals surface area contributed by atoms with E-state index in [9.17, 15) is 4.79 Å². The number of aryl methyl sites for hydroxylation is 1. The maximum Gasteiger partial charge on any atom is 0.329 e. The minimum absolute atomic E-state index is 0.268. The molecule has 0 aliphatic carbocycles. The van der Waals surface area contributed by atoms with Gasteiger partial charge in [-0.1, -0.05) is 57.6 Å². The van der Waals surface area contributed by atoms with Gasteiger partial charge in [-0.3, -0.25) is 0 Å².